The molecule has 0 unspecified atom stereocenters. The van der Waals surface area contributed by atoms with E-state index in [0.717, 1.165) is 37.1 Å². The molecule has 4 bridgehead atoms. The van der Waals surface area contributed by atoms with E-state index in [-0.39, 0.29) is 17.9 Å². The summed E-state index contributed by atoms with van der Waals surface area (Å²) in [6, 6.07) is 5.52. The van der Waals surface area contributed by atoms with Crippen LogP contribution in [0.3, 0.4) is 0 Å². The summed E-state index contributed by atoms with van der Waals surface area (Å²) in [5, 5.41) is 3.26. The van der Waals surface area contributed by atoms with Crippen LogP contribution in [0.2, 0.25) is 0 Å². The van der Waals surface area contributed by atoms with Crippen molar-refractivity contribution >= 4 is 17.5 Å². The van der Waals surface area contributed by atoms with Crippen LogP contribution in [0.5, 0.6) is 0 Å². The normalized spacial score (nSPS) is 33.6. The first-order valence-corrected chi connectivity index (χ1v) is 12.3. The molecule has 2 aromatic rings. The molecule has 4 aliphatic carbocycles. The molecule has 7 rings (SSSR count). The summed E-state index contributed by atoms with van der Waals surface area (Å²) in [5.74, 6) is 2.41. The van der Waals surface area contributed by atoms with Gasteiger partial charge in [-0.15, -0.1) is 0 Å². The average molecular weight is 436 g/mol. The number of piperidine rings is 1. The monoisotopic (exact) mass is 435 g/mol. The van der Waals surface area contributed by atoms with Gasteiger partial charge in [-0.05, 0) is 86.7 Å². The standard InChI is InChI=1S/C25H33N5O2/c26-19-3-2-6-29(13-19)24(32)20-14-30-21(4-1-5-22(30)28-20)23(31)27-15-25-10-16-7-17(11-25)9-18(8-16)12-25/h1,4-5,14,16-19H,2-3,6-13,15,26H2,(H,27,31)/t16?,17?,18?,19-,25?/m1/s1. The van der Waals surface area contributed by atoms with E-state index >= 15 is 0 Å². The van der Waals surface area contributed by atoms with Crippen molar-refractivity contribution in [2.75, 3.05) is 19.6 Å². The first-order chi connectivity index (χ1) is 15.5. The lowest BCUT2D eigenvalue weighted by Crippen LogP contribution is -2.51. The minimum atomic E-state index is -0.108. The Morgan fingerprint density at radius 3 is 2.53 bits per heavy atom. The highest BCUT2D eigenvalue weighted by Crippen LogP contribution is 2.59. The topological polar surface area (TPSA) is 92.7 Å². The third-order valence-corrected chi connectivity index (χ3v) is 8.48. The fourth-order valence-electron chi connectivity index (χ4n) is 7.52. The number of nitrogens with two attached hydrogens (primary N) is 1. The Morgan fingerprint density at radius 1 is 1.12 bits per heavy atom. The SMILES string of the molecule is N[C@@H]1CCCN(C(=O)c2cn3c(C(=O)NCC45CC6CC(CC(C6)C4)C5)cccc3n2)C1. The maximum absolute atomic E-state index is 13.2. The van der Waals surface area contributed by atoms with E-state index in [1.54, 1.807) is 15.5 Å². The summed E-state index contributed by atoms with van der Waals surface area (Å²) in [4.78, 5) is 32.5. The number of hydrogen-bond donors (Lipinski definition) is 2. The third-order valence-electron chi connectivity index (χ3n) is 8.48. The second-order valence-corrected chi connectivity index (χ2v) is 11.0. The number of carbonyl (C=O) groups excluding carboxylic acids is 2. The van der Waals surface area contributed by atoms with Crippen LogP contribution in [-0.2, 0) is 0 Å². The average Bonchev–Trinajstić information content (AvgIpc) is 3.20. The van der Waals surface area contributed by atoms with Gasteiger partial charge in [0.05, 0.1) is 0 Å². The minimum Gasteiger partial charge on any atom is -0.350 e. The molecule has 1 saturated heterocycles. The molecule has 5 fully saturated rings. The highest BCUT2D eigenvalue weighted by atomic mass is 16.2. The number of nitrogens with one attached hydrogen (secondary N) is 1. The van der Waals surface area contributed by atoms with E-state index in [4.69, 9.17) is 5.73 Å². The number of imidazole rings is 1. The van der Waals surface area contributed by atoms with Crippen molar-refractivity contribution < 1.29 is 9.59 Å². The van der Waals surface area contributed by atoms with Gasteiger partial charge in [0, 0.05) is 31.9 Å². The number of rotatable bonds is 4. The number of amides is 2. The molecule has 1 aliphatic heterocycles. The summed E-state index contributed by atoms with van der Waals surface area (Å²) in [5.41, 5.74) is 7.88. The largest absolute Gasteiger partial charge is 0.350 e. The molecule has 2 aromatic heterocycles. The van der Waals surface area contributed by atoms with Crippen LogP contribution in [0.4, 0.5) is 0 Å². The van der Waals surface area contributed by atoms with E-state index in [1.807, 2.05) is 18.2 Å². The second kappa shape index (κ2) is 7.58. The van der Waals surface area contributed by atoms with Crippen molar-refractivity contribution in [3.63, 3.8) is 0 Å². The molecule has 0 radical (unpaired) electrons. The molecule has 32 heavy (non-hydrogen) atoms. The van der Waals surface area contributed by atoms with Crippen molar-refractivity contribution in [2.24, 2.45) is 28.9 Å². The zero-order chi connectivity index (χ0) is 21.9. The van der Waals surface area contributed by atoms with Crippen LogP contribution in [-0.4, -0.2) is 51.8 Å². The molecular formula is C25H33N5O2. The van der Waals surface area contributed by atoms with Gasteiger partial charge in [-0.25, -0.2) is 4.98 Å². The predicted molar refractivity (Wildman–Crippen MR) is 121 cm³/mol. The van der Waals surface area contributed by atoms with Gasteiger partial charge in [0.25, 0.3) is 11.8 Å². The Bertz CT molecular complexity index is 1020. The fraction of sp³-hybridized carbons (Fsp3) is 0.640. The summed E-state index contributed by atoms with van der Waals surface area (Å²) in [6.45, 7) is 2.03. The summed E-state index contributed by atoms with van der Waals surface area (Å²) in [6.07, 6.45) is 11.6. The number of nitrogens with zero attached hydrogens (tertiary/aromatic N) is 3. The Morgan fingerprint density at radius 2 is 1.84 bits per heavy atom. The Hall–Kier alpha value is -2.41. The molecule has 170 valence electrons. The first kappa shape index (κ1) is 20.2. The van der Waals surface area contributed by atoms with Crippen LogP contribution in [0.25, 0.3) is 5.65 Å². The van der Waals surface area contributed by atoms with Crippen LogP contribution >= 0.6 is 0 Å². The Labute approximate surface area is 188 Å². The van der Waals surface area contributed by atoms with Gasteiger partial charge in [0.2, 0.25) is 0 Å². The molecule has 1 atom stereocenters. The molecule has 4 saturated carbocycles. The Balaban J connectivity index is 1.19. The van der Waals surface area contributed by atoms with Crippen molar-refractivity contribution in [1.82, 2.24) is 19.6 Å². The molecule has 0 aromatic carbocycles. The molecule has 3 N–H and O–H groups in total. The van der Waals surface area contributed by atoms with E-state index in [0.29, 0.717) is 35.5 Å². The van der Waals surface area contributed by atoms with E-state index in [9.17, 15) is 9.59 Å². The van der Waals surface area contributed by atoms with Gasteiger partial charge >= 0.3 is 0 Å². The van der Waals surface area contributed by atoms with Crippen molar-refractivity contribution in [3.8, 4) is 0 Å². The van der Waals surface area contributed by atoms with E-state index in [1.165, 1.54) is 38.5 Å². The highest BCUT2D eigenvalue weighted by molar-refractivity contribution is 5.95. The zero-order valence-electron chi connectivity index (χ0n) is 18.6. The van der Waals surface area contributed by atoms with Gasteiger partial charge in [0.15, 0.2) is 0 Å². The van der Waals surface area contributed by atoms with Gasteiger partial charge in [0.1, 0.15) is 17.0 Å². The lowest BCUT2D eigenvalue weighted by Gasteiger charge is -2.56. The molecular weight excluding hydrogens is 402 g/mol. The number of aromatic nitrogens is 2. The molecule has 5 aliphatic rings. The van der Waals surface area contributed by atoms with Crippen molar-refractivity contribution in [3.05, 3.63) is 35.8 Å². The van der Waals surface area contributed by atoms with Gasteiger partial charge in [-0.1, -0.05) is 6.07 Å². The second-order valence-electron chi connectivity index (χ2n) is 11.0. The number of carbonyl (C=O) groups is 2. The maximum atomic E-state index is 13.2. The van der Waals surface area contributed by atoms with Crippen LogP contribution in [0.15, 0.2) is 24.4 Å². The summed E-state index contributed by atoms with van der Waals surface area (Å²) in [7, 11) is 0. The number of pyridine rings is 1. The summed E-state index contributed by atoms with van der Waals surface area (Å²) >= 11 is 0. The third kappa shape index (κ3) is 3.51. The van der Waals surface area contributed by atoms with E-state index < -0.39 is 0 Å². The number of fused-ring (bicyclic) bond motifs is 1. The number of likely N-dealkylation sites (tertiary alicyclic amines) is 1. The van der Waals surface area contributed by atoms with Crippen LogP contribution < -0.4 is 11.1 Å². The molecule has 2 amide bonds. The maximum Gasteiger partial charge on any atom is 0.274 e. The van der Waals surface area contributed by atoms with Crippen molar-refractivity contribution in [2.45, 2.75) is 57.4 Å². The molecule has 0 spiro atoms. The van der Waals surface area contributed by atoms with E-state index in [2.05, 4.69) is 10.3 Å². The minimum absolute atomic E-state index is 0.0238. The zero-order valence-corrected chi connectivity index (χ0v) is 18.6. The van der Waals surface area contributed by atoms with Crippen LogP contribution in [0, 0.1) is 23.2 Å². The lowest BCUT2D eigenvalue weighted by molar-refractivity contribution is -0.0503. The van der Waals surface area contributed by atoms with Gasteiger partial charge in [-0.3, -0.25) is 14.0 Å². The predicted octanol–water partition coefficient (Wildman–Crippen LogP) is 2.84. The molecule has 7 heteroatoms. The lowest BCUT2D eigenvalue weighted by atomic mass is 9.49. The quantitative estimate of drug-likeness (QED) is 0.772. The van der Waals surface area contributed by atoms with Crippen LogP contribution in [0.1, 0.15) is 72.3 Å². The van der Waals surface area contributed by atoms with Gasteiger partial charge < -0.3 is 16.0 Å². The van der Waals surface area contributed by atoms with Crippen molar-refractivity contribution in [1.29, 1.82) is 0 Å². The number of hydrogen-bond acceptors (Lipinski definition) is 4. The molecule has 7 nitrogen and oxygen atoms in total. The Kier molecular flexibility index (Phi) is 4.79. The smallest absolute Gasteiger partial charge is 0.274 e. The fourth-order valence-corrected chi connectivity index (χ4v) is 7.52. The first-order valence-electron chi connectivity index (χ1n) is 12.3. The highest BCUT2D eigenvalue weighted by Gasteiger charge is 2.50. The summed E-state index contributed by atoms with van der Waals surface area (Å²) < 4.78 is 1.76. The van der Waals surface area contributed by atoms with Gasteiger partial charge in [-0.2, -0.15) is 0 Å². The molecule has 3 heterocycles.